The summed E-state index contributed by atoms with van der Waals surface area (Å²) in [6.45, 7) is 5.95. The van der Waals surface area contributed by atoms with Crippen molar-refractivity contribution in [3.63, 3.8) is 0 Å². The topological polar surface area (TPSA) is 67.2 Å². The molecule has 2 rings (SSSR count). The summed E-state index contributed by atoms with van der Waals surface area (Å²) < 4.78 is 5.24. The maximum atomic E-state index is 6.24. The van der Waals surface area contributed by atoms with E-state index in [4.69, 9.17) is 10.5 Å². The maximum absolute atomic E-state index is 6.24. The van der Waals surface area contributed by atoms with Gasteiger partial charge in [-0.05, 0) is 25.0 Å². The molecule has 0 saturated heterocycles. The molecule has 0 fully saturated rings. The number of rotatable bonds is 7. The molecular weight excluding hydrogens is 252 g/mol. The van der Waals surface area contributed by atoms with E-state index < -0.39 is 0 Å². The van der Waals surface area contributed by atoms with E-state index in [0.29, 0.717) is 12.6 Å². The van der Waals surface area contributed by atoms with Crippen LogP contribution in [0.5, 0.6) is 0 Å². The Bertz CT molecular complexity index is 548. The third kappa shape index (κ3) is 2.88. The van der Waals surface area contributed by atoms with Gasteiger partial charge in [-0.15, -0.1) is 0 Å². The van der Waals surface area contributed by atoms with E-state index in [0.717, 1.165) is 41.7 Å². The Hall–Kier alpha value is -1.75. The molecule has 0 aliphatic carbocycles. The van der Waals surface area contributed by atoms with Crippen molar-refractivity contribution in [2.24, 2.45) is 0 Å². The van der Waals surface area contributed by atoms with Crippen LogP contribution in [0.4, 0.5) is 11.4 Å². The van der Waals surface area contributed by atoms with E-state index in [1.807, 2.05) is 6.07 Å². The number of nitrogens with one attached hydrogen (secondary N) is 1. The number of hydrogen-bond acceptors (Lipinski definition) is 4. The summed E-state index contributed by atoms with van der Waals surface area (Å²) in [4.78, 5) is 2.35. The molecule has 0 aliphatic rings. The van der Waals surface area contributed by atoms with Gasteiger partial charge in [-0.2, -0.15) is 5.10 Å². The molecule has 0 amide bonds. The Morgan fingerprint density at radius 3 is 2.75 bits per heavy atom. The highest BCUT2D eigenvalue weighted by Crippen LogP contribution is 2.30. The summed E-state index contributed by atoms with van der Waals surface area (Å²) in [5, 5.41) is 8.12. The van der Waals surface area contributed by atoms with Crippen LogP contribution in [0.1, 0.15) is 26.7 Å². The number of fused-ring (bicyclic) bond motifs is 1. The standard InChI is InChI=1S/C15H24N4O/c1-4-12(5-2)19(6-7-20-3)15-9-14-11(8-13(15)16)10-17-18-14/h8-10,12H,4-7,16H2,1-3H3,(H,17,18). The van der Waals surface area contributed by atoms with Gasteiger partial charge in [-0.3, -0.25) is 5.10 Å². The average molecular weight is 276 g/mol. The van der Waals surface area contributed by atoms with Crippen LogP contribution in [0.25, 0.3) is 10.9 Å². The Balaban J connectivity index is 2.40. The van der Waals surface area contributed by atoms with Crippen LogP contribution in [0, 0.1) is 0 Å². The molecule has 0 saturated carbocycles. The van der Waals surface area contributed by atoms with Crippen molar-refractivity contribution in [3.05, 3.63) is 18.3 Å². The van der Waals surface area contributed by atoms with Gasteiger partial charge in [0.2, 0.25) is 0 Å². The largest absolute Gasteiger partial charge is 0.397 e. The number of ether oxygens (including phenoxy) is 1. The SMILES string of the molecule is CCC(CC)N(CCOC)c1cc2[nH]ncc2cc1N. The molecule has 0 bridgehead atoms. The molecule has 2 aromatic rings. The van der Waals surface area contributed by atoms with Gasteiger partial charge < -0.3 is 15.4 Å². The average Bonchev–Trinajstić information content (AvgIpc) is 2.90. The van der Waals surface area contributed by atoms with Crippen LogP contribution in [-0.4, -0.2) is 36.5 Å². The second-order valence-corrected chi connectivity index (χ2v) is 5.02. The number of benzene rings is 1. The van der Waals surface area contributed by atoms with Gasteiger partial charge in [0.1, 0.15) is 0 Å². The van der Waals surface area contributed by atoms with Gasteiger partial charge in [-0.1, -0.05) is 13.8 Å². The van der Waals surface area contributed by atoms with Crippen LogP contribution >= 0.6 is 0 Å². The van der Waals surface area contributed by atoms with Gasteiger partial charge in [0.25, 0.3) is 0 Å². The lowest BCUT2D eigenvalue weighted by molar-refractivity contribution is 0.202. The quantitative estimate of drug-likeness (QED) is 0.763. The zero-order valence-corrected chi connectivity index (χ0v) is 12.5. The fourth-order valence-electron chi connectivity index (χ4n) is 2.67. The minimum Gasteiger partial charge on any atom is -0.397 e. The summed E-state index contributed by atoms with van der Waals surface area (Å²) in [6.07, 6.45) is 3.97. The predicted octanol–water partition coefficient (Wildman–Crippen LogP) is 2.79. The summed E-state index contributed by atoms with van der Waals surface area (Å²) >= 11 is 0. The molecule has 0 unspecified atom stereocenters. The van der Waals surface area contributed by atoms with Crippen molar-refractivity contribution >= 4 is 22.3 Å². The van der Waals surface area contributed by atoms with Crippen LogP contribution in [0.3, 0.4) is 0 Å². The van der Waals surface area contributed by atoms with E-state index in [-0.39, 0.29) is 0 Å². The zero-order valence-electron chi connectivity index (χ0n) is 12.5. The zero-order chi connectivity index (χ0) is 14.5. The summed E-state index contributed by atoms with van der Waals surface area (Å²) in [5.74, 6) is 0. The van der Waals surface area contributed by atoms with Crippen LogP contribution in [0.15, 0.2) is 18.3 Å². The van der Waals surface area contributed by atoms with Gasteiger partial charge in [-0.25, -0.2) is 0 Å². The van der Waals surface area contributed by atoms with Crippen molar-refractivity contribution in [3.8, 4) is 0 Å². The van der Waals surface area contributed by atoms with E-state index in [1.54, 1.807) is 13.3 Å². The Kier molecular flexibility index (Phi) is 4.84. The monoisotopic (exact) mass is 276 g/mol. The summed E-state index contributed by atoms with van der Waals surface area (Å²) in [6, 6.07) is 4.54. The molecule has 5 nitrogen and oxygen atoms in total. The minimum atomic E-state index is 0.466. The number of aromatic amines is 1. The molecule has 0 aliphatic heterocycles. The molecule has 1 aromatic heterocycles. The normalized spacial score (nSPS) is 11.4. The molecule has 3 N–H and O–H groups in total. The Morgan fingerprint density at radius 1 is 1.35 bits per heavy atom. The number of nitrogens with two attached hydrogens (primary N) is 1. The van der Waals surface area contributed by atoms with Gasteiger partial charge in [0.15, 0.2) is 0 Å². The fraction of sp³-hybridized carbons (Fsp3) is 0.533. The number of methoxy groups -OCH3 is 1. The molecular formula is C15H24N4O. The van der Waals surface area contributed by atoms with Crippen LogP contribution in [-0.2, 0) is 4.74 Å². The smallest absolute Gasteiger partial charge is 0.0672 e. The van der Waals surface area contributed by atoms with E-state index in [2.05, 4.69) is 35.0 Å². The molecule has 0 spiro atoms. The third-order valence-electron chi connectivity index (χ3n) is 3.82. The molecule has 1 aromatic carbocycles. The first-order valence-corrected chi connectivity index (χ1v) is 7.19. The lowest BCUT2D eigenvalue weighted by atomic mass is 10.1. The van der Waals surface area contributed by atoms with E-state index in [9.17, 15) is 0 Å². The number of nitrogens with zero attached hydrogens (tertiary/aromatic N) is 2. The number of anilines is 2. The van der Waals surface area contributed by atoms with Crippen LogP contribution in [0.2, 0.25) is 0 Å². The molecule has 5 heteroatoms. The number of hydrogen-bond donors (Lipinski definition) is 2. The maximum Gasteiger partial charge on any atom is 0.0672 e. The first kappa shape index (κ1) is 14.7. The van der Waals surface area contributed by atoms with Crippen molar-refractivity contribution in [2.75, 3.05) is 30.9 Å². The summed E-state index contributed by atoms with van der Waals surface area (Å²) in [7, 11) is 1.73. The first-order valence-electron chi connectivity index (χ1n) is 7.19. The highest BCUT2D eigenvalue weighted by molar-refractivity contribution is 5.89. The Labute approximate surface area is 120 Å². The molecule has 0 radical (unpaired) electrons. The fourth-order valence-corrected chi connectivity index (χ4v) is 2.67. The van der Waals surface area contributed by atoms with Crippen molar-refractivity contribution < 1.29 is 4.74 Å². The molecule has 0 atom stereocenters. The van der Waals surface area contributed by atoms with Crippen molar-refractivity contribution in [2.45, 2.75) is 32.7 Å². The highest BCUT2D eigenvalue weighted by atomic mass is 16.5. The lowest BCUT2D eigenvalue weighted by Crippen LogP contribution is -2.37. The number of nitrogen functional groups attached to an aromatic ring is 1. The number of aromatic nitrogens is 2. The van der Waals surface area contributed by atoms with Crippen molar-refractivity contribution in [1.29, 1.82) is 0 Å². The summed E-state index contributed by atoms with van der Waals surface area (Å²) in [5.41, 5.74) is 9.11. The second-order valence-electron chi connectivity index (χ2n) is 5.02. The van der Waals surface area contributed by atoms with Crippen LogP contribution < -0.4 is 10.6 Å². The van der Waals surface area contributed by atoms with Crippen molar-refractivity contribution in [1.82, 2.24) is 10.2 Å². The molecule has 1 heterocycles. The number of H-pyrrole nitrogens is 1. The van der Waals surface area contributed by atoms with Gasteiger partial charge in [0, 0.05) is 25.1 Å². The van der Waals surface area contributed by atoms with Gasteiger partial charge >= 0.3 is 0 Å². The first-order chi connectivity index (χ1) is 9.71. The predicted molar refractivity (Wildman–Crippen MR) is 84.1 cm³/mol. The van der Waals surface area contributed by atoms with E-state index in [1.165, 1.54) is 0 Å². The lowest BCUT2D eigenvalue weighted by Gasteiger charge is -2.33. The second kappa shape index (κ2) is 6.61. The highest BCUT2D eigenvalue weighted by Gasteiger charge is 2.18. The minimum absolute atomic E-state index is 0.466. The van der Waals surface area contributed by atoms with E-state index >= 15 is 0 Å². The molecule has 20 heavy (non-hydrogen) atoms. The Morgan fingerprint density at radius 2 is 2.10 bits per heavy atom. The third-order valence-corrected chi connectivity index (χ3v) is 3.82. The van der Waals surface area contributed by atoms with Gasteiger partial charge in [0.05, 0.1) is 29.7 Å². The molecule has 110 valence electrons.